The second kappa shape index (κ2) is 14.7. The molecule has 0 unspecified atom stereocenters. The minimum atomic E-state index is -1.00. The van der Waals surface area contributed by atoms with Crippen LogP contribution in [0.5, 0.6) is 5.75 Å². The number of benzene rings is 1. The maximum absolute atomic E-state index is 13.7. The van der Waals surface area contributed by atoms with Gasteiger partial charge >= 0.3 is 0 Å². The van der Waals surface area contributed by atoms with E-state index in [-0.39, 0.29) is 24.7 Å². The van der Waals surface area contributed by atoms with Crippen molar-refractivity contribution in [3.8, 4) is 5.75 Å². The molecule has 3 aliphatic rings. The zero-order chi connectivity index (χ0) is 30.1. The molecule has 0 radical (unpaired) electrons. The molecular weight excluding hydrogens is 544 g/mol. The van der Waals surface area contributed by atoms with Gasteiger partial charge in [-0.2, -0.15) is 0 Å². The monoisotopic (exact) mass is 586 g/mol. The Balaban J connectivity index is 1.45. The molecule has 0 bridgehead atoms. The number of morpholine rings is 1. The molecule has 42 heavy (non-hydrogen) atoms. The quantitative estimate of drug-likeness (QED) is 0.205. The average molecular weight is 587 g/mol. The van der Waals surface area contributed by atoms with Crippen molar-refractivity contribution in [3.63, 3.8) is 0 Å². The fourth-order valence-electron chi connectivity index (χ4n) is 4.93. The summed E-state index contributed by atoms with van der Waals surface area (Å²) in [5, 5.41) is 8.41. The van der Waals surface area contributed by atoms with Crippen LogP contribution in [0.15, 0.2) is 35.9 Å². The molecule has 3 heterocycles. The van der Waals surface area contributed by atoms with Crippen molar-refractivity contribution in [1.29, 1.82) is 0 Å². The highest BCUT2D eigenvalue weighted by Crippen LogP contribution is 2.30. The lowest BCUT2D eigenvalue weighted by Crippen LogP contribution is -2.57. The molecule has 12 heteroatoms. The maximum atomic E-state index is 13.7. The van der Waals surface area contributed by atoms with Gasteiger partial charge in [0.1, 0.15) is 23.4 Å². The van der Waals surface area contributed by atoms with E-state index in [1.54, 1.807) is 33.1 Å². The van der Waals surface area contributed by atoms with Crippen LogP contribution in [0.1, 0.15) is 32.3 Å². The second-order valence-electron chi connectivity index (χ2n) is 11.1. The van der Waals surface area contributed by atoms with Crippen molar-refractivity contribution < 1.29 is 38.1 Å². The molecule has 3 amide bonds. The molecular formula is C30H42N4O8. The summed E-state index contributed by atoms with van der Waals surface area (Å²) in [5.74, 6) is -0.841. The number of nitrogens with zero attached hydrogens (tertiary/aromatic N) is 1. The Kier molecular flexibility index (Phi) is 11.1. The molecule has 230 valence electrons. The Labute approximate surface area is 246 Å². The van der Waals surface area contributed by atoms with Crippen LogP contribution < -0.4 is 20.7 Å². The smallest absolute Gasteiger partial charge is 0.243 e. The highest BCUT2D eigenvalue weighted by Gasteiger charge is 2.50. The van der Waals surface area contributed by atoms with Gasteiger partial charge in [-0.05, 0) is 44.4 Å². The van der Waals surface area contributed by atoms with Gasteiger partial charge in [-0.25, -0.2) is 0 Å². The normalized spacial score (nSPS) is 22.6. The molecule has 2 saturated heterocycles. The summed E-state index contributed by atoms with van der Waals surface area (Å²) in [6, 6.07) is 4.46. The van der Waals surface area contributed by atoms with E-state index in [1.807, 2.05) is 23.1 Å². The minimum Gasteiger partial charge on any atom is -0.497 e. The van der Waals surface area contributed by atoms with Gasteiger partial charge in [0.05, 0.1) is 52.7 Å². The van der Waals surface area contributed by atoms with E-state index in [9.17, 15) is 19.2 Å². The molecule has 0 aromatic heterocycles. The zero-order valence-electron chi connectivity index (χ0n) is 24.6. The van der Waals surface area contributed by atoms with Gasteiger partial charge in [0.25, 0.3) is 0 Å². The first-order chi connectivity index (χ1) is 20.2. The third kappa shape index (κ3) is 9.09. The molecule has 0 saturated carbocycles. The third-order valence-corrected chi connectivity index (χ3v) is 7.73. The Bertz CT molecular complexity index is 1140. The van der Waals surface area contributed by atoms with Crippen LogP contribution in [-0.2, 0) is 39.8 Å². The van der Waals surface area contributed by atoms with E-state index in [0.717, 1.165) is 11.1 Å². The van der Waals surface area contributed by atoms with Crippen LogP contribution in [0.4, 0.5) is 0 Å². The first-order valence-electron chi connectivity index (χ1n) is 14.4. The Hall–Kier alpha value is -3.32. The van der Waals surface area contributed by atoms with Gasteiger partial charge < -0.3 is 34.9 Å². The number of nitrogens with one attached hydrogen (secondary N) is 3. The summed E-state index contributed by atoms with van der Waals surface area (Å²) in [5.41, 5.74) is 0.877. The molecule has 4 atom stereocenters. The van der Waals surface area contributed by atoms with Crippen LogP contribution in [0.25, 0.3) is 0 Å². The maximum Gasteiger partial charge on any atom is 0.243 e. The van der Waals surface area contributed by atoms with Crippen molar-refractivity contribution in [2.45, 2.75) is 56.8 Å². The van der Waals surface area contributed by atoms with E-state index < -0.39 is 35.5 Å². The fourth-order valence-corrected chi connectivity index (χ4v) is 4.93. The van der Waals surface area contributed by atoms with E-state index in [2.05, 4.69) is 16.0 Å². The highest BCUT2D eigenvalue weighted by molar-refractivity contribution is 5.98. The number of ketones is 1. The second-order valence-corrected chi connectivity index (χ2v) is 11.1. The number of ether oxygens (including phenoxy) is 4. The van der Waals surface area contributed by atoms with Crippen molar-refractivity contribution in [1.82, 2.24) is 20.9 Å². The summed E-state index contributed by atoms with van der Waals surface area (Å²) in [7, 11) is 1.56. The molecule has 0 aliphatic carbocycles. The summed E-state index contributed by atoms with van der Waals surface area (Å²) in [6.45, 7) is 7.17. The SMILES string of the molecule is COc1ccc(C[C@H](NC(=O)[C@H](C)NC(=O)CN2CCOCC2)C(=O)N[C@@H](CC2=CCOCC2)C(=O)[C@]2(C)CO2)cc1. The summed E-state index contributed by atoms with van der Waals surface area (Å²) < 4.78 is 21.3. The minimum absolute atomic E-state index is 0.155. The molecule has 1 aromatic carbocycles. The van der Waals surface area contributed by atoms with Gasteiger partial charge in [-0.15, -0.1) is 0 Å². The number of Topliss-reactive ketones (excluding diaryl/α,β-unsaturated/α-hetero) is 1. The van der Waals surface area contributed by atoms with Crippen molar-refractivity contribution >= 4 is 23.5 Å². The Morgan fingerprint density at radius 2 is 1.64 bits per heavy atom. The molecule has 0 spiro atoms. The molecule has 2 fully saturated rings. The molecule has 1 aromatic rings. The molecule has 3 N–H and O–H groups in total. The predicted octanol–water partition coefficient (Wildman–Crippen LogP) is 0.139. The van der Waals surface area contributed by atoms with Gasteiger partial charge in [0.15, 0.2) is 5.78 Å². The van der Waals surface area contributed by atoms with Crippen molar-refractivity contribution in [2.75, 3.05) is 59.8 Å². The first kappa shape index (κ1) is 31.6. The fraction of sp³-hybridized carbons (Fsp3) is 0.600. The summed E-state index contributed by atoms with van der Waals surface area (Å²) in [4.78, 5) is 54.8. The van der Waals surface area contributed by atoms with E-state index in [1.165, 1.54) is 0 Å². The predicted molar refractivity (Wildman–Crippen MR) is 153 cm³/mol. The van der Waals surface area contributed by atoms with Gasteiger partial charge in [0.2, 0.25) is 17.7 Å². The van der Waals surface area contributed by atoms with Crippen LogP contribution in [0, 0.1) is 0 Å². The molecule has 12 nitrogen and oxygen atoms in total. The van der Waals surface area contributed by atoms with Gasteiger partial charge in [-0.3, -0.25) is 24.1 Å². The lowest BCUT2D eigenvalue weighted by atomic mass is 9.92. The van der Waals surface area contributed by atoms with Gasteiger partial charge in [-0.1, -0.05) is 23.8 Å². The summed E-state index contributed by atoms with van der Waals surface area (Å²) >= 11 is 0. The molecule has 4 rings (SSSR count). The topological polar surface area (TPSA) is 148 Å². The van der Waals surface area contributed by atoms with Crippen molar-refractivity contribution in [3.05, 3.63) is 41.5 Å². The number of methoxy groups -OCH3 is 1. The molecule has 3 aliphatic heterocycles. The number of epoxide rings is 1. The first-order valence-corrected chi connectivity index (χ1v) is 14.4. The van der Waals surface area contributed by atoms with Crippen LogP contribution >= 0.6 is 0 Å². The summed E-state index contributed by atoms with van der Waals surface area (Å²) in [6.07, 6.45) is 3.11. The zero-order valence-corrected chi connectivity index (χ0v) is 24.6. The van der Waals surface area contributed by atoms with Crippen LogP contribution in [-0.4, -0.2) is 112 Å². The number of hydrogen-bond acceptors (Lipinski definition) is 9. The lowest BCUT2D eigenvalue weighted by molar-refractivity contribution is -0.134. The highest BCUT2D eigenvalue weighted by atomic mass is 16.6. The number of hydrogen-bond donors (Lipinski definition) is 3. The van der Waals surface area contributed by atoms with Crippen LogP contribution in [0.2, 0.25) is 0 Å². The number of amides is 3. The van der Waals surface area contributed by atoms with E-state index >= 15 is 0 Å². The largest absolute Gasteiger partial charge is 0.497 e. The Morgan fingerprint density at radius 3 is 2.26 bits per heavy atom. The standard InChI is InChI=1S/C30H42N4O8/c1-20(31-26(35)18-34-10-14-41-15-11-34)28(37)33-25(17-21-4-6-23(39-3)7-5-21)29(38)32-24(27(36)30(2)19-42-30)16-22-8-12-40-13-9-22/h4-8,20,24-25H,9-19H2,1-3H3,(H,31,35)(H,32,38)(H,33,37)/t20-,24-,25-,30-/m0/s1. The number of carbonyl (C=O) groups is 4. The average Bonchev–Trinajstić information content (AvgIpc) is 3.75. The van der Waals surface area contributed by atoms with Crippen LogP contribution in [0.3, 0.4) is 0 Å². The van der Waals surface area contributed by atoms with Gasteiger partial charge in [0, 0.05) is 19.5 Å². The number of carbonyl (C=O) groups excluding carboxylic acids is 4. The van der Waals surface area contributed by atoms with Crippen molar-refractivity contribution in [2.24, 2.45) is 0 Å². The third-order valence-electron chi connectivity index (χ3n) is 7.73. The van der Waals surface area contributed by atoms with E-state index in [0.29, 0.717) is 64.7 Å². The van der Waals surface area contributed by atoms with E-state index in [4.69, 9.17) is 18.9 Å². The lowest BCUT2D eigenvalue weighted by Gasteiger charge is -2.27. The number of rotatable bonds is 14. The Morgan fingerprint density at radius 1 is 0.952 bits per heavy atom.